The first kappa shape index (κ1) is 30.1. The summed E-state index contributed by atoms with van der Waals surface area (Å²) in [6.45, 7) is 10.6. The van der Waals surface area contributed by atoms with Crippen molar-refractivity contribution in [1.29, 1.82) is 0 Å². The quantitative estimate of drug-likeness (QED) is 0.164. The van der Waals surface area contributed by atoms with Gasteiger partial charge in [0.25, 0.3) is 0 Å². The maximum absolute atomic E-state index is 10.4. The molecule has 0 radical (unpaired) electrons. The molecule has 0 aliphatic carbocycles. The minimum absolute atomic E-state index is 0.0878. The standard InChI is InChI=1S/C20H41NO10/c1-2-23-3-4-24-5-6-25-7-8-26-9-10-27-11-12-28-13-14-29-15-16-30-17-18-31-19-20(21)22/h2-19H2,1H3,(H2,21,22). The maximum Gasteiger partial charge on any atom is 0.243 e. The van der Waals surface area contributed by atoms with Crippen molar-refractivity contribution < 1.29 is 47.4 Å². The van der Waals surface area contributed by atoms with Gasteiger partial charge >= 0.3 is 0 Å². The Bertz CT molecular complexity index is 363. The smallest absolute Gasteiger partial charge is 0.243 e. The van der Waals surface area contributed by atoms with Crippen LogP contribution in [0.5, 0.6) is 0 Å². The molecule has 0 fully saturated rings. The third-order valence-corrected chi connectivity index (χ3v) is 3.42. The Morgan fingerprint density at radius 3 is 0.903 bits per heavy atom. The second kappa shape index (κ2) is 27.1. The molecule has 2 N–H and O–H groups in total. The van der Waals surface area contributed by atoms with Gasteiger partial charge in [-0.25, -0.2) is 0 Å². The summed E-state index contributed by atoms with van der Waals surface area (Å²) in [4.78, 5) is 10.4. The van der Waals surface area contributed by atoms with Gasteiger partial charge in [-0.15, -0.1) is 0 Å². The van der Waals surface area contributed by atoms with Gasteiger partial charge in [0.15, 0.2) is 0 Å². The van der Waals surface area contributed by atoms with E-state index in [2.05, 4.69) is 0 Å². The molecule has 1 amide bonds. The van der Waals surface area contributed by atoms with E-state index in [0.717, 1.165) is 0 Å². The topological polar surface area (TPSA) is 126 Å². The average Bonchev–Trinajstić information content (AvgIpc) is 2.76. The molecule has 0 aromatic heterocycles. The van der Waals surface area contributed by atoms with Gasteiger partial charge in [-0.1, -0.05) is 0 Å². The second-order valence-electron chi connectivity index (χ2n) is 6.00. The van der Waals surface area contributed by atoms with Crippen molar-refractivity contribution in [2.24, 2.45) is 5.73 Å². The van der Waals surface area contributed by atoms with Gasteiger partial charge in [-0.2, -0.15) is 0 Å². The predicted molar refractivity (Wildman–Crippen MR) is 112 cm³/mol. The molecule has 0 saturated heterocycles. The fraction of sp³-hybridized carbons (Fsp3) is 0.950. The molecule has 0 heterocycles. The van der Waals surface area contributed by atoms with Crippen molar-refractivity contribution in [3.8, 4) is 0 Å². The average molecular weight is 456 g/mol. The molecule has 31 heavy (non-hydrogen) atoms. The van der Waals surface area contributed by atoms with Gasteiger partial charge in [0.05, 0.1) is 106 Å². The molecule has 11 heteroatoms. The second-order valence-corrected chi connectivity index (χ2v) is 6.00. The lowest BCUT2D eigenvalue weighted by Crippen LogP contribution is -2.20. The Morgan fingerprint density at radius 1 is 0.452 bits per heavy atom. The van der Waals surface area contributed by atoms with Crippen LogP contribution in [-0.4, -0.2) is 125 Å². The highest BCUT2D eigenvalue weighted by Gasteiger charge is 1.96. The Kier molecular flexibility index (Phi) is 26.4. The van der Waals surface area contributed by atoms with Gasteiger partial charge in [-0.3, -0.25) is 4.79 Å². The summed E-state index contributed by atoms with van der Waals surface area (Å²) in [7, 11) is 0. The molecular weight excluding hydrogens is 414 g/mol. The highest BCUT2D eigenvalue weighted by atomic mass is 16.6. The summed E-state index contributed by atoms with van der Waals surface area (Å²) >= 11 is 0. The normalized spacial score (nSPS) is 11.3. The number of nitrogens with two attached hydrogens (primary N) is 1. The highest BCUT2D eigenvalue weighted by molar-refractivity contribution is 5.74. The molecule has 0 aromatic carbocycles. The third-order valence-electron chi connectivity index (χ3n) is 3.42. The highest BCUT2D eigenvalue weighted by Crippen LogP contribution is 1.86. The van der Waals surface area contributed by atoms with Gasteiger partial charge in [-0.05, 0) is 6.92 Å². The molecule has 0 unspecified atom stereocenters. The van der Waals surface area contributed by atoms with Gasteiger partial charge < -0.3 is 48.4 Å². The number of amides is 1. The number of carbonyl (C=O) groups excluding carboxylic acids is 1. The number of hydrogen-bond donors (Lipinski definition) is 1. The van der Waals surface area contributed by atoms with Crippen LogP contribution in [0.2, 0.25) is 0 Å². The Hall–Kier alpha value is -0.890. The monoisotopic (exact) mass is 455 g/mol. The predicted octanol–water partition coefficient (Wildman–Crippen LogP) is -0.359. The van der Waals surface area contributed by atoms with E-state index in [1.54, 1.807) is 0 Å². The molecule has 11 nitrogen and oxygen atoms in total. The van der Waals surface area contributed by atoms with Crippen LogP contribution in [0.3, 0.4) is 0 Å². The molecule has 0 aromatic rings. The number of primary amides is 1. The van der Waals surface area contributed by atoms with Crippen LogP contribution in [-0.2, 0) is 47.4 Å². The van der Waals surface area contributed by atoms with E-state index in [9.17, 15) is 4.79 Å². The van der Waals surface area contributed by atoms with Crippen LogP contribution in [0.15, 0.2) is 0 Å². The zero-order valence-corrected chi connectivity index (χ0v) is 18.9. The van der Waals surface area contributed by atoms with Crippen molar-refractivity contribution in [3.63, 3.8) is 0 Å². The Balaban J connectivity index is 3.00. The lowest BCUT2D eigenvalue weighted by Gasteiger charge is -2.08. The van der Waals surface area contributed by atoms with Gasteiger partial charge in [0, 0.05) is 6.61 Å². The zero-order chi connectivity index (χ0) is 22.7. The molecule has 0 bridgehead atoms. The first-order valence-corrected chi connectivity index (χ1v) is 10.7. The molecule has 186 valence electrons. The molecular formula is C20H41NO10. The zero-order valence-electron chi connectivity index (χ0n) is 18.9. The van der Waals surface area contributed by atoms with Crippen LogP contribution in [0.1, 0.15) is 6.92 Å². The van der Waals surface area contributed by atoms with Crippen molar-refractivity contribution in [1.82, 2.24) is 0 Å². The SMILES string of the molecule is CCOCCOCCOCCOCCOCCOCCOCCOCCOCC(N)=O. The van der Waals surface area contributed by atoms with E-state index >= 15 is 0 Å². The minimum atomic E-state index is -0.491. The van der Waals surface area contributed by atoms with E-state index in [0.29, 0.717) is 112 Å². The summed E-state index contributed by atoms with van der Waals surface area (Å²) in [6.07, 6.45) is 0. The number of carbonyl (C=O) groups is 1. The number of rotatable bonds is 27. The van der Waals surface area contributed by atoms with Crippen molar-refractivity contribution >= 4 is 5.91 Å². The molecule has 0 rings (SSSR count). The molecule has 0 atom stereocenters. The van der Waals surface area contributed by atoms with E-state index in [1.807, 2.05) is 6.92 Å². The van der Waals surface area contributed by atoms with Crippen LogP contribution in [0.4, 0.5) is 0 Å². The Labute approximate surface area is 185 Å². The van der Waals surface area contributed by atoms with E-state index in [4.69, 9.17) is 48.4 Å². The largest absolute Gasteiger partial charge is 0.379 e. The first-order valence-electron chi connectivity index (χ1n) is 10.7. The Morgan fingerprint density at radius 2 is 0.677 bits per heavy atom. The number of ether oxygens (including phenoxy) is 9. The summed E-state index contributed by atoms with van der Waals surface area (Å²) < 4.78 is 47.7. The molecule has 0 saturated carbocycles. The summed E-state index contributed by atoms with van der Waals surface area (Å²) in [5, 5.41) is 0. The van der Waals surface area contributed by atoms with Gasteiger partial charge in [0.2, 0.25) is 5.91 Å². The van der Waals surface area contributed by atoms with Crippen LogP contribution in [0, 0.1) is 0 Å². The van der Waals surface area contributed by atoms with Gasteiger partial charge in [0.1, 0.15) is 6.61 Å². The summed E-state index contributed by atoms with van der Waals surface area (Å²) in [6, 6.07) is 0. The molecule has 0 aliphatic rings. The lowest BCUT2D eigenvalue weighted by molar-refractivity contribution is -0.123. The van der Waals surface area contributed by atoms with E-state index in [1.165, 1.54) is 0 Å². The van der Waals surface area contributed by atoms with Crippen LogP contribution >= 0.6 is 0 Å². The molecule has 0 spiro atoms. The maximum atomic E-state index is 10.4. The van der Waals surface area contributed by atoms with Crippen molar-refractivity contribution in [2.45, 2.75) is 6.92 Å². The third kappa shape index (κ3) is 29.1. The lowest BCUT2D eigenvalue weighted by atomic mass is 10.6. The van der Waals surface area contributed by atoms with Crippen molar-refractivity contribution in [2.75, 3.05) is 119 Å². The minimum Gasteiger partial charge on any atom is -0.379 e. The van der Waals surface area contributed by atoms with E-state index in [-0.39, 0.29) is 6.61 Å². The van der Waals surface area contributed by atoms with Crippen LogP contribution in [0.25, 0.3) is 0 Å². The van der Waals surface area contributed by atoms with E-state index < -0.39 is 5.91 Å². The fourth-order valence-corrected chi connectivity index (χ4v) is 1.97. The summed E-state index contributed by atoms with van der Waals surface area (Å²) in [5.41, 5.74) is 4.93. The fourth-order valence-electron chi connectivity index (χ4n) is 1.97. The van der Waals surface area contributed by atoms with Crippen molar-refractivity contribution in [3.05, 3.63) is 0 Å². The van der Waals surface area contributed by atoms with Crippen LogP contribution < -0.4 is 5.73 Å². The first-order chi connectivity index (χ1) is 15.3. The summed E-state index contributed by atoms with van der Waals surface area (Å²) in [5.74, 6) is -0.491. The molecule has 0 aliphatic heterocycles. The number of hydrogen-bond acceptors (Lipinski definition) is 10.